The minimum absolute atomic E-state index is 0.00434. The first-order valence-corrected chi connectivity index (χ1v) is 12.0. The molecule has 0 aromatic heterocycles. The number of piperidine rings is 1. The van der Waals surface area contributed by atoms with Crippen molar-refractivity contribution in [2.45, 2.75) is 51.0 Å². The summed E-state index contributed by atoms with van der Waals surface area (Å²) < 4.78 is 44.9. The number of likely N-dealkylation sites (tertiary alicyclic amines) is 1. The number of ketones is 1. The lowest BCUT2D eigenvalue weighted by atomic mass is 9.81. The lowest BCUT2D eigenvalue weighted by Gasteiger charge is -2.43. The van der Waals surface area contributed by atoms with E-state index in [4.69, 9.17) is 4.74 Å². The summed E-state index contributed by atoms with van der Waals surface area (Å²) in [7, 11) is 0. The van der Waals surface area contributed by atoms with Crippen LogP contribution in [0.15, 0.2) is 54.6 Å². The van der Waals surface area contributed by atoms with Crippen molar-refractivity contribution in [3.8, 4) is 0 Å². The third-order valence-corrected chi connectivity index (χ3v) is 6.78. The molecule has 2 heterocycles. The van der Waals surface area contributed by atoms with Crippen molar-refractivity contribution in [3.63, 3.8) is 0 Å². The van der Waals surface area contributed by atoms with Gasteiger partial charge >= 0.3 is 12.2 Å². The number of urea groups is 1. The summed E-state index contributed by atoms with van der Waals surface area (Å²) in [5.74, 6) is -0.243. The number of nitrogens with zero attached hydrogens (tertiary/aromatic N) is 2. The first kappa shape index (κ1) is 25.2. The molecular formula is C27H31F3N2O3. The number of benzene rings is 2. The van der Waals surface area contributed by atoms with Gasteiger partial charge in [0.2, 0.25) is 0 Å². The van der Waals surface area contributed by atoms with Gasteiger partial charge in [-0.15, -0.1) is 0 Å². The second kappa shape index (κ2) is 10.4. The van der Waals surface area contributed by atoms with E-state index in [0.29, 0.717) is 38.2 Å². The van der Waals surface area contributed by atoms with Crippen molar-refractivity contribution in [2.24, 2.45) is 5.92 Å². The van der Waals surface area contributed by atoms with Crippen LogP contribution in [0.4, 0.5) is 18.0 Å². The van der Waals surface area contributed by atoms with Crippen LogP contribution in [0, 0.1) is 5.92 Å². The summed E-state index contributed by atoms with van der Waals surface area (Å²) in [5.41, 5.74) is 0.673. The summed E-state index contributed by atoms with van der Waals surface area (Å²) in [6.45, 7) is 5.67. The number of ether oxygens (including phenoxy) is 1. The molecule has 2 aliphatic rings. The number of Topliss-reactive ketones (excluding diaryl/α,β-unsaturated/α-hetero) is 1. The van der Waals surface area contributed by atoms with Crippen molar-refractivity contribution in [3.05, 3.63) is 71.3 Å². The van der Waals surface area contributed by atoms with Gasteiger partial charge in [0.05, 0.1) is 17.8 Å². The Morgan fingerprint density at radius 2 is 1.49 bits per heavy atom. The highest BCUT2D eigenvalue weighted by Crippen LogP contribution is 2.35. The van der Waals surface area contributed by atoms with Gasteiger partial charge in [0.25, 0.3) is 0 Å². The monoisotopic (exact) mass is 488 g/mol. The van der Waals surface area contributed by atoms with Gasteiger partial charge in [-0.25, -0.2) is 4.79 Å². The van der Waals surface area contributed by atoms with Crippen LogP contribution in [0.1, 0.15) is 54.1 Å². The summed E-state index contributed by atoms with van der Waals surface area (Å²) in [5, 5.41) is 0. The van der Waals surface area contributed by atoms with Crippen LogP contribution in [0.25, 0.3) is 0 Å². The SMILES string of the molecule is CC1CN(C(=O)N2CC(CC(=O)c3ccccc3)CC(c3ccc(C(F)(F)F)cc3)C2)CC(C)O1. The second-order valence-corrected chi connectivity index (χ2v) is 9.76. The standard InChI is InChI=1S/C27H31F3N2O3/c1-18-14-31(15-19(2)35-18)26(34)32-16-20(13-25(33)22-6-4-3-5-7-22)12-23(17-32)21-8-10-24(11-9-21)27(28,29)30/h3-11,18-20,23H,12-17H2,1-2H3. The van der Waals surface area contributed by atoms with E-state index < -0.39 is 11.7 Å². The summed E-state index contributed by atoms with van der Waals surface area (Å²) in [6.07, 6.45) is -3.64. The van der Waals surface area contributed by atoms with Crippen LogP contribution in [0.5, 0.6) is 0 Å². The maximum atomic E-state index is 13.5. The molecule has 2 aromatic rings. The minimum Gasteiger partial charge on any atom is -0.372 e. The molecule has 2 fully saturated rings. The zero-order chi connectivity index (χ0) is 25.2. The summed E-state index contributed by atoms with van der Waals surface area (Å²) >= 11 is 0. The molecule has 0 radical (unpaired) electrons. The predicted octanol–water partition coefficient (Wildman–Crippen LogP) is 5.61. The Labute approximate surface area is 203 Å². The van der Waals surface area contributed by atoms with E-state index in [1.807, 2.05) is 32.0 Å². The first-order valence-electron chi connectivity index (χ1n) is 12.0. The molecule has 4 unspecified atom stereocenters. The lowest BCUT2D eigenvalue weighted by Crippen LogP contribution is -2.55. The molecule has 8 heteroatoms. The summed E-state index contributed by atoms with van der Waals surface area (Å²) in [6, 6.07) is 14.1. The van der Waals surface area contributed by atoms with Gasteiger partial charge < -0.3 is 14.5 Å². The van der Waals surface area contributed by atoms with Gasteiger partial charge in [-0.2, -0.15) is 13.2 Å². The fourth-order valence-electron chi connectivity index (χ4n) is 5.23. The average Bonchev–Trinajstić information content (AvgIpc) is 2.83. The summed E-state index contributed by atoms with van der Waals surface area (Å²) in [4.78, 5) is 29.9. The fourth-order valence-corrected chi connectivity index (χ4v) is 5.23. The number of morpholine rings is 1. The van der Waals surface area contributed by atoms with E-state index in [1.54, 1.807) is 21.9 Å². The highest BCUT2D eigenvalue weighted by atomic mass is 19.4. The van der Waals surface area contributed by atoms with Crippen molar-refractivity contribution in [1.29, 1.82) is 0 Å². The topological polar surface area (TPSA) is 49.9 Å². The van der Waals surface area contributed by atoms with E-state index in [0.717, 1.165) is 17.7 Å². The normalized spacial score (nSPS) is 25.4. The van der Waals surface area contributed by atoms with Gasteiger partial charge in [0, 0.05) is 44.1 Å². The Kier molecular flexibility index (Phi) is 7.50. The second-order valence-electron chi connectivity index (χ2n) is 9.76. The molecule has 2 aliphatic heterocycles. The van der Waals surface area contributed by atoms with Gasteiger partial charge in [-0.05, 0) is 43.9 Å². The number of hydrogen-bond donors (Lipinski definition) is 0. The van der Waals surface area contributed by atoms with Gasteiger partial charge in [0.15, 0.2) is 5.78 Å². The molecule has 2 amide bonds. The molecule has 4 rings (SSSR count). The Bertz CT molecular complexity index is 1020. The molecule has 4 atom stereocenters. The highest BCUT2D eigenvalue weighted by Gasteiger charge is 2.36. The molecule has 5 nitrogen and oxygen atoms in total. The number of halogens is 3. The Morgan fingerprint density at radius 3 is 2.09 bits per heavy atom. The van der Waals surface area contributed by atoms with Crippen molar-refractivity contribution in [2.75, 3.05) is 26.2 Å². The maximum Gasteiger partial charge on any atom is 0.416 e. The largest absolute Gasteiger partial charge is 0.416 e. The van der Waals surface area contributed by atoms with Crippen LogP contribution >= 0.6 is 0 Å². The smallest absolute Gasteiger partial charge is 0.372 e. The molecule has 2 aromatic carbocycles. The Morgan fingerprint density at radius 1 is 0.886 bits per heavy atom. The number of hydrogen-bond acceptors (Lipinski definition) is 3. The molecule has 188 valence electrons. The number of carbonyl (C=O) groups excluding carboxylic acids is 2. The first-order chi connectivity index (χ1) is 16.6. The highest BCUT2D eigenvalue weighted by molar-refractivity contribution is 5.96. The van der Waals surface area contributed by atoms with Crippen molar-refractivity contribution in [1.82, 2.24) is 9.80 Å². The van der Waals surface area contributed by atoms with Crippen LogP contribution in [-0.4, -0.2) is 60.0 Å². The zero-order valence-corrected chi connectivity index (χ0v) is 20.0. The molecule has 0 saturated carbocycles. The molecule has 0 bridgehead atoms. The van der Waals surface area contributed by atoms with E-state index in [-0.39, 0.29) is 42.3 Å². The Hall–Kier alpha value is -2.87. The van der Waals surface area contributed by atoms with Gasteiger partial charge in [-0.3, -0.25) is 4.79 Å². The van der Waals surface area contributed by atoms with Crippen LogP contribution in [0.3, 0.4) is 0 Å². The number of amides is 2. The average molecular weight is 489 g/mol. The fraction of sp³-hybridized carbons (Fsp3) is 0.481. The van der Waals surface area contributed by atoms with Gasteiger partial charge in [-0.1, -0.05) is 42.5 Å². The van der Waals surface area contributed by atoms with E-state index in [9.17, 15) is 22.8 Å². The minimum atomic E-state index is -4.40. The molecule has 0 spiro atoms. The molecule has 2 saturated heterocycles. The van der Waals surface area contributed by atoms with E-state index >= 15 is 0 Å². The maximum absolute atomic E-state index is 13.5. The van der Waals surface area contributed by atoms with E-state index in [2.05, 4.69) is 0 Å². The number of carbonyl (C=O) groups is 2. The van der Waals surface area contributed by atoms with E-state index in [1.165, 1.54) is 12.1 Å². The molecule has 0 N–H and O–H groups in total. The van der Waals surface area contributed by atoms with Crippen LogP contribution in [0.2, 0.25) is 0 Å². The zero-order valence-electron chi connectivity index (χ0n) is 20.0. The predicted molar refractivity (Wildman–Crippen MR) is 126 cm³/mol. The quantitative estimate of drug-likeness (QED) is 0.526. The van der Waals surface area contributed by atoms with Gasteiger partial charge in [0.1, 0.15) is 0 Å². The third-order valence-electron chi connectivity index (χ3n) is 6.78. The number of rotatable bonds is 4. The Balaban J connectivity index is 1.55. The molecule has 0 aliphatic carbocycles. The lowest BCUT2D eigenvalue weighted by molar-refractivity contribution is -0.137. The van der Waals surface area contributed by atoms with Crippen LogP contribution < -0.4 is 0 Å². The van der Waals surface area contributed by atoms with Crippen molar-refractivity contribution < 1.29 is 27.5 Å². The number of alkyl halides is 3. The molecular weight excluding hydrogens is 457 g/mol. The van der Waals surface area contributed by atoms with Crippen molar-refractivity contribution >= 4 is 11.8 Å². The molecule has 35 heavy (non-hydrogen) atoms. The third kappa shape index (κ3) is 6.23. The van der Waals surface area contributed by atoms with Crippen LogP contribution in [-0.2, 0) is 10.9 Å².